The molecule has 4 fully saturated rings. The Hall–Kier alpha value is -1.96. The molecule has 2 N–H and O–H groups in total. The average Bonchev–Trinajstić information content (AvgIpc) is 2.71. The Balaban J connectivity index is 1.76. The Morgan fingerprint density at radius 1 is 0.594 bits per heavy atom. The van der Waals surface area contributed by atoms with Crippen molar-refractivity contribution in [1.29, 1.82) is 0 Å². The zero-order valence-electron chi connectivity index (χ0n) is 20.8. The van der Waals surface area contributed by atoms with Gasteiger partial charge in [-0.1, -0.05) is 52.0 Å². The molecular weight excluding hydrogens is 392 g/mol. The van der Waals surface area contributed by atoms with Crippen molar-refractivity contribution in [2.45, 2.75) is 90.9 Å². The van der Waals surface area contributed by atoms with Gasteiger partial charge in [0.15, 0.2) is 0 Å². The highest BCUT2D eigenvalue weighted by atomic mass is 16.3. The molecule has 172 valence electrons. The molecule has 0 heterocycles. The van der Waals surface area contributed by atoms with Crippen molar-refractivity contribution < 1.29 is 10.2 Å². The number of hydrogen-bond donors (Lipinski definition) is 2. The number of phenolic OH excluding ortho intramolecular Hbond substituents is 2. The maximum atomic E-state index is 10.3. The molecule has 4 aliphatic carbocycles. The summed E-state index contributed by atoms with van der Waals surface area (Å²) in [6.45, 7) is 13.9. The van der Waals surface area contributed by atoms with Crippen LogP contribution in [0.3, 0.4) is 0 Å². The molecule has 0 aromatic heterocycles. The van der Waals surface area contributed by atoms with Gasteiger partial charge in [0.2, 0.25) is 0 Å². The molecule has 2 nitrogen and oxygen atoms in total. The van der Waals surface area contributed by atoms with Crippen LogP contribution >= 0.6 is 0 Å². The monoisotopic (exact) mass is 432 g/mol. The normalized spacial score (nSPS) is 35.8. The Bertz CT molecular complexity index is 965. The third-order valence-electron chi connectivity index (χ3n) is 10.2. The largest absolute Gasteiger partial charge is 0.508 e. The summed E-state index contributed by atoms with van der Waals surface area (Å²) in [6, 6.07) is 12.8. The van der Waals surface area contributed by atoms with E-state index in [0.29, 0.717) is 34.2 Å². The molecule has 32 heavy (non-hydrogen) atoms. The first-order valence-corrected chi connectivity index (χ1v) is 12.6. The SMILES string of the molecule is Cc1cc(C23CC4(c5ccc(O)c(C)c5)CC(C(C)C)(C2)CC(C(C)C)(C3)C4)ccc1O. The van der Waals surface area contributed by atoms with Gasteiger partial charge in [0.05, 0.1) is 0 Å². The fraction of sp³-hybridized carbons (Fsp3) is 0.600. The summed E-state index contributed by atoms with van der Waals surface area (Å²) in [4.78, 5) is 0. The Morgan fingerprint density at radius 2 is 0.969 bits per heavy atom. The van der Waals surface area contributed by atoms with Crippen molar-refractivity contribution >= 4 is 0 Å². The maximum absolute atomic E-state index is 10.3. The summed E-state index contributed by atoms with van der Waals surface area (Å²) in [5, 5.41) is 20.5. The Labute approximate surface area is 194 Å². The van der Waals surface area contributed by atoms with Gasteiger partial charge in [-0.25, -0.2) is 0 Å². The lowest BCUT2D eigenvalue weighted by molar-refractivity contribution is -0.176. The van der Waals surface area contributed by atoms with Gasteiger partial charge < -0.3 is 10.2 Å². The molecule has 2 aromatic carbocycles. The van der Waals surface area contributed by atoms with E-state index in [9.17, 15) is 10.2 Å². The summed E-state index contributed by atoms with van der Waals surface area (Å²) >= 11 is 0. The van der Waals surface area contributed by atoms with Gasteiger partial charge >= 0.3 is 0 Å². The first-order chi connectivity index (χ1) is 14.9. The fourth-order valence-electron chi connectivity index (χ4n) is 8.60. The zero-order valence-corrected chi connectivity index (χ0v) is 20.8. The van der Waals surface area contributed by atoms with Gasteiger partial charge in [-0.3, -0.25) is 0 Å². The van der Waals surface area contributed by atoms with Crippen LogP contribution in [-0.2, 0) is 10.8 Å². The first kappa shape index (κ1) is 21.9. The van der Waals surface area contributed by atoms with Crippen LogP contribution < -0.4 is 0 Å². The number of aryl methyl sites for hydroxylation is 2. The smallest absolute Gasteiger partial charge is 0.118 e. The Kier molecular flexibility index (Phi) is 4.63. The van der Waals surface area contributed by atoms with Gasteiger partial charge in [0.25, 0.3) is 0 Å². The topological polar surface area (TPSA) is 40.5 Å². The van der Waals surface area contributed by atoms with E-state index in [-0.39, 0.29) is 10.8 Å². The summed E-state index contributed by atoms with van der Waals surface area (Å²) in [6.07, 6.45) is 7.55. The van der Waals surface area contributed by atoms with E-state index in [2.05, 4.69) is 52.0 Å². The Morgan fingerprint density at radius 3 is 1.28 bits per heavy atom. The fourth-order valence-corrected chi connectivity index (χ4v) is 8.60. The zero-order chi connectivity index (χ0) is 23.1. The van der Waals surface area contributed by atoms with Crippen LogP contribution in [0.15, 0.2) is 36.4 Å². The molecule has 0 radical (unpaired) electrons. The van der Waals surface area contributed by atoms with E-state index in [0.717, 1.165) is 11.1 Å². The molecule has 2 heteroatoms. The number of phenols is 2. The van der Waals surface area contributed by atoms with Gasteiger partial charge in [-0.2, -0.15) is 0 Å². The van der Waals surface area contributed by atoms with Crippen molar-refractivity contribution in [2.75, 3.05) is 0 Å². The highest BCUT2D eigenvalue weighted by Crippen LogP contribution is 2.77. The molecule has 0 spiro atoms. The van der Waals surface area contributed by atoms with E-state index < -0.39 is 0 Å². The molecule has 6 rings (SSSR count). The maximum Gasteiger partial charge on any atom is 0.118 e. The summed E-state index contributed by atoms with van der Waals surface area (Å²) in [5.74, 6) is 2.08. The van der Waals surface area contributed by atoms with Crippen LogP contribution in [0.5, 0.6) is 11.5 Å². The molecule has 0 atom stereocenters. The second-order valence-corrected chi connectivity index (χ2v) is 12.7. The van der Waals surface area contributed by atoms with Crippen LogP contribution in [0.4, 0.5) is 0 Å². The highest BCUT2D eigenvalue weighted by molar-refractivity contribution is 5.46. The molecule has 0 saturated heterocycles. The molecule has 4 aliphatic rings. The lowest BCUT2D eigenvalue weighted by Gasteiger charge is -2.73. The van der Waals surface area contributed by atoms with E-state index in [4.69, 9.17) is 0 Å². The minimum Gasteiger partial charge on any atom is -0.508 e. The molecule has 4 bridgehead atoms. The van der Waals surface area contributed by atoms with Gasteiger partial charge in [-0.05, 0) is 120 Å². The molecular formula is C30H40O2. The van der Waals surface area contributed by atoms with Crippen molar-refractivity contribution in [3.05, 3.63) is 58.7 Å². The van der Waals surface area contributed by atoms with Crippen molar-refractivity contribution in [2.24, 2.45) is 22.7 Å². The average molecular weight is 433 g/mol. The van der Waals surface area contributed by atoms with E-state index in [1.165, 1.54) is 49.7 Å². The standard InChI is InChI=1S/C30H40O2/c1-19(2)27-13-28(20(3)4)16-29(14-27,23-7-9-25(31)21(5)11-23)18-30(15-27,17-28)24-8-10-26(32)22(6)12-24/h7-12,19-20,31-32H,13-18H2,1-6H3. The van der Waals surface area contributed by atoms with Crippen molar-refractivity contribution in [1.82, 2.24) is 0 Å². The predicted octanol–water partition coefficient (Wildman–Crippen LogP) is 7.56. The summed E-state index contributed by atoms with van der Waals surface area (Å²) < 4.78 is 0. The van der Waals surface area contributed by atoms with Crippen LogP contribution in [0.1, 0.15) is 88.5 Å². The summed E-state index contributed by atoms with van der Waals surface area (Å²) in [5.41, 5.74) is 5.80. The second-order valence-electron chi connectivity index (χ2n) is 12.7. The summed E-state index contributed by atoms with van der Waals surface area (Å²) in [7, 11) is 0. The lowest BCUT2D eigenvalue weighted by Crippen LogP contribution is -2.66. The molecule has 4 saturated carbocycles. The van der Waals surface area contributed by atoms with Gasteiger partial charge in [-0.15, -0.1) is 0 Å². The third kappa shape index (κ3) is 2.90. The van der Waals surface area contributed by atoms with E-state index in [1.807, 2.05) is 26.0 Å². The van der Waals surface area contributed by atoms with E-state index >= 15 is 0 Å². The minimum atomic E-state index is 0.146. The number of aromatic hydroxyl groups is 2. The third-order valence-corrected chi connectivity index (χ3v) is 10.2. The van der Waals surface area contributed by atoms with Crippen LogP contribution in [0.2, 0.25) is 0 Å². The van der Waals surface area contributed by atoms with Crippen LogP contribution in [-0.4, -0.2) is 10.2 Å². The lowest BCUT2D eigenvalue weighted by atomic mass is 9.31. The first-order valence-electron chi connectivity index (χ1n) is 12.6. The molecule has 0 aliphatic heterocycles. The molecule has 0 unspecified atom stereocenters. The quantitative estimate of drug-likeness (QED) is 0.523. The van der Waals surface area contributed by atoms with Crippen molar-refractivity contribution in [3.63, 3.8) is 0 Å². The van der Waals surface area contributed by atoms with Crippen molar-refractivity contribution in [3.8, 4) is 11.5 Å². The number of hydrogen-bond acceptors (Lipinski definition) is 2. The van der Waals surface area contributed by atoms with Crippen LogP contribution in [0.25, 0.3) is 0 Å². The highest BCUT2D eigenvalue weighted by Gasteiger charge is 2.69. The number of rotatable bonds is 4. The second kappa shape index (κ2) is 6.78. The van der Waals surface area contributed by atoms with E-state index in [1.54, 1.807) is 0 Å². The van der Waals surface area contributed by atoms with Gasteiger partial charge in [0.1, 0.15) is 11.5 Å². The van der Waals surface area contributed by atoms with Crippen LogP contribution in [0, 0.1) is 36.5 Å². The predicted molar refractivity (Wildman–Crippen MR) is 131 cm³/mol. The molecule has 2 aromatic rings. The number of benzene rings is 2. The van der Waals surface area contributed by atoms with Gasteiger partial charge in [0, 0.05) is 0 Å². The minimum absolute atomic E-state index is 0.146. The molecule has 0 amide bonds.